The quantitative estimate of drug-likeness (QED) is 0.890. The predicted octanol–water partition coefficient (Wildman–Crippen LogP) is 1.09. The molecular weight excluding hydrogens is 280 g/mol. The van der Waals surface area contributed by atoms with E-state index < -0.39 is 0 Å². The van der Waals surface area contributed by atoms with Crippen LogP contribution in [0.4, 0.5) is 0 Å². The number of carbonyl (C=O) groups is 1. The molecule has 0 radical (unpaired) electrons. The van der Waals surface area contributed by atoms with Crippen LogP contribution in [0.3, 0.4) is 0 Å². The Bertz CT molecular complexity index is 654. The molecule has 1 aliphatic rings. The highest BCUT2D eigenvalue weighted by Crippen LogP contribution is 2.18. The third-order valence-corrected chi connectivity index (χ3v) is 4.39. The molecule has 6 nitrogen and oxygen atoms in total. The Morgan fingerprint density at radius 1 is 1.36 bits per heavy atom. The fourth-order valence-electron chi connectivity index (χ4n) is 3.01. The Balaban J connectivity index is 1.77. The molecule has 2 N–H and O–H groups in total. The molecule has 6 heteroatoms. The van der Waals surface area contributed by atoms with Crippen LogP contribution in [0.15, 0.2) is 24.5 Å². The van der Waals surface area contributed by atoms with Gasteiger partial charge in [0.15, 0.2) is 0 Å². The SMILES string of the molecule is CC(CO)N1CCCN(C(=O)c2cccc3[nH]cnc23)CC1. The molecule has 0 spiro atoms. The third-order valence-electron chi connectivity index (χ3n) is 4.39. The second-order valence-corrected chi connectivity index (χ2v) is 5.82. The second-order valence-electron chi connectivity index (χ2n) is 5.82. The molecular formula is C16H22N4O2. The van der Waals surface area contributed by atoms with Crippen LogP contribution < -0.4 is 0 Å². The van der Waals surface area contributed by atoms with Crippen molar-refractivity contribution >= 4 is 16.9 Å². The summed E-state index contributed by atoms with van der Waals surface area (Å²) in [6, 6.07) is 5.78. The van der Waals surface area contributed by atoms with Crippen molar-refractivity contribution in [2.24, 2.45) is 0 Å². The summed E-state index contributed by atoms with van der Waals surface area (Å²) in [4.78, 5) is 24.3. The number of hydrogen-bond donors (Lipinski definition) is 2. The predicted molar refractivity (Wildman–Crippen MR) is 84.7 cm³/mol. The smallest absolute Gasteiger partial charge is 0.256 e. The van der Waals surface area contributed by atoms with E-state index in [1.54, 1.807) is 6.33 Å². The van der Waals surface area contributed by atoms with Gasteiger partial charge >= 0.3 is 0 Å². The van der Waals surface area contributed by atoms with Crippen molar-refractivity contribution in [2.45, 2.75) is 19.4 Å². The number of rotatable bonds is 3. The zero-order valence-corrected chi connectivity index (χ0v) is 12.8. The highest BCUT2D eigenvalue weighted by molar-refractivity contribution is 6.04. The second kappa shape index (κ2) is 6.46. The van der Waals surface area contributed by atoms with Crippen molar-refractivity contribution in [3.05, 3.63) is 30.1 Å². The highest BCUT2D eigenvalue weighted by atomic mass is 16.3. The maximum Gasteiger partial charge on any atom is 0.256 e. The van der Waals surface area contributed by atoms with Gasteiger partial charge in [-0.3, -0.25) is 9.69 Å². The number of aromatic amines is 1. The average Bonchev–Trinajstić information content (AvgIpc) is 2.89. The standard InChI is InChI=1S/C16H22N4O2/c1-12(10-21)19-6-3-7-20(9-8-19)16(22)13-4-2-5-14-15(13)18-11-17-14/h2,4-5,11-12,21H,3,6-10H2,1H3,(H,17,18). The van der Waals surface area contributed by atoms with E-state index in [9.17, 15) is 9.90 Å². The summed E-state index contributed by atoms with van der Waals surface area (Å²) in [6.07, 6.45) is 2.54. The minimum absolute atomic E-state index is 0.0381. The first-order valence-electron chi connectivity index (χ1n) is 7.77. The number of nitrogens with one attached hydrogen (secondary N) is 1. The largest absolute Gasteiger partial charge is 0.395 e. The van der Waals surface area contributed by atoms with Gasteiger partial charge in [-0.1, -0.05) is 6.07 Å². The lowest BCUT2D eigenvalue weighted by Gasteiger charge is -2.26. The molecule has 1 atom stereocenters. The number of hydrogen-bond acceptors (Lipinski definition) is 4. The first-order chi connectivity index (χ1) is 10.7. The molecule has 118 valence electrons. The van der Waals surface area contributed by atoms with E-state index in [0.717, 1.165) is 37.1 Å². The number of fused-ring (bicyclic) bond motifs is 1. The maximum absolute atomic E-state index is 12.8. The highest BCUT2D eigenvalue weighted by Gasteiger charge is 2.23. The summed E-state index contributed by atoms with van der Waals surface area (Å²) < 4.78 is 0. The van der Waals surface area contributed by atoms with Crippen LogP contribution in [-0.4, -0.2) is 69.6 Å². The van der Waals surface area contributed by atoms with Crippen molar-refractivity contribution in [1.29, 1.82) is 0 Å². The third kappa shape index (κ3) is 2.84. The van der Waals surface area contributed by atoms with E-state index in [0.29, 0.717) is 12.1 Å². The summed E-state index contributed by atoms with van der Waals surface area (Å²) in [6.45, 7) is 5.31. The van der Waals surface area contributed by atoms with Gasteiger partial charge in [0.25, 0.3) is 5.91 Å². The molecule has 22 heavy (non-hydrogen) atoms. The van der Waals surface area contributed by atoms with Gasteiger partial charge in [-0.15, -0.1) is 0 Å². The number of carbonyl (C=O) groups excluding carboxylic acids is 1. The molecule has 1 saturated heterocycles. The molecule has 0 aliphatic carbocycles. The van der Waals surface area contributed by atoms with Crippen molar-refractivity contribution in [1.82, 2.24) is 19.8 Å². The lowest BCUT2D eigenvalue weighted by Crippen LogP contribution is -2.39. The molecule has 1 aliphatic heterocycles. The zero-order chi connectivity index (χ0) is 15.5. The van der Waals surface area contributed by atoms with Crippen molar-refractivity contribution in [3.63, 3.8) is 0 Å². The fourth-order valence-corrected chi connectivity index (χ4v) is 3.01. The summed E-state index contributed by atoms with van der Waals surface area (Å²) in [5.74, 6) is 0.0381. The van der Waals surface area contributed by atoms with Crippen LogP contribution in [0.2, 0.25) is 0 Å². The van der Waals surface area contributed by atoms with Gasteiger partial charge in [0, 0.05) is 32.2 Å². The van der Waals surface area contributed by atoms with Gasteiger partial charge in [0.05, 0.1) is 24.0 Å². The molecule has 0 bridgehead atoms. The summed E-state index contributed by atoms with van der Waals surface area (Å²) in [5.41, 5.74) is 2.27. The van der Waals surface area contributed by atoms with E-state index in [1.165, 1.54) is 0 Å². The molecule has 2 aromatic rings. The lowest BCUT2D eigenvalue weighted by molar-refractivity contribution is 0.0756. The molecule has 1 unspecified atom stereocenters. The van der Waals surface area contributed by atoms with Crippen LogP contribution >= 0.6 is 0 Å². The Labute approximate surface area is 129 Å². The topological polar surface area (TPSA) is 72.5 Å². The normalized spacial score (nSPS) is 18.4. The number of aliphatic hydroxyl groups excluding tert-OH is 1. The number of benzene rings is 1. The van der Waals surface area contributed by atoms with Gasteiger partial charge in [-0.05, 0) is 25.5 Å². The minimum Gasteiger partial charge on any atom is -0.395 e. The Morgan fingerprint density at radius 2 is 2.23 bits per heavy atom. The van der Waals surface area contributed by atoms with Crippen LogP contribution in [0.5, 0.6) is 0 Å². The molecule has 1 amide bonds. The molecule has 1 aromatic heterocycles. The molecule has 1 aromatic carbocycles. The number of nitrogens with zero attached hydrogens (tertiary/aromatic N) is 3. The number of amides is 1. The van der Waals surface area contributed by atoms with E-state index in [2.05, 4.69) is 14.9 Å². The first-order valence-corrected chi connectivity index (χ1v) is 7.77. The number of aliphatic hydroxyl groups is 1. The van der Waals surface area contributed by atoms with Crippen molar-refractivity contribution in [2.75, 3.05) is 32.8 Å². The Kier molecular flexibility index (Phi) is 4.40. The first kappa shape index (κ1) is 15.0. The number of H-pyrrole nitrogens is 1. The minimum atomic E-state index is 0.0381. The zero-order valence-electron chi connectivity index (χ0n) is 12.8. The number of para-hydroxylation sites is 1. The summed E-state index contributed by atoms with van der Waals surface area (Å²) >= 11 is 0. The van der Waals surface area contributed by atoms with Crippen LogP contribution in [0, 0.1) is 0 Å². The van der Waals surface area contributed by atoms with Gasteiger partial charge in [-0.25, -0.2) is 4.98 Å². The monoisotopic (exact) mass is 302 g/mol. The van der Waals surface area contributed by atoms with E-state index in [-0.39, 0.29) is 18.6 Å². The lowest BCUT2D eigenvalue weighted by atomic mass is 10.1. The van der Waals surface area contributed by atoms with Crippen molar-refractivity contribution in [3.8, 4) is 0 Å². The van der Waals surface area contributed by atoms with Crippen LogP contribution in [0.25, 0.3) is 11.0 Å². The van der Waals surface area contributed by atoms with Crippen LogP contribution in [-0.2, 0) is 0 Å². The molecule has 0 saturated carbocycles. The Hall–Kier alpha value is -1.92. The van der Waals surface area contributed by atoms with E-state index in [1.807, 2.05) is 30.0 Å². The van der Waals surface area contributed by atoms with E-state index >= 15 is 0 Å². The molecule has 2 heterocycles. The van der Waals surface area contributed by atoms with Crippen LogP contribution in [0.1, 0.15) is 23.7 Å². The summed E-state index contributed by atoms with van der Waals surface area (Å²) in [7, 11) is 0. The molecule has 1 fully saturated rings. The number of aromatic nitrogens is 2. The number of imidazole rings is 1. The van der Waals surface area contributed by atoms with Gasteiger partial charge in [0.2, 0.25) is 0 Å². The molecule has 3 rings (SSSR count). The Morgan fingerprint density at radius 3 is 3.05 bits per heavy atom. The summed E-state index contributed by atoms with van der Waals surface area (Å²) in [5, 5.41) is 9.29. The van der Waals surface area contributed by atoms with Gasteiger partial charge in [0.1, 0.15) is 5.52 Å². The fraction of sp³-hybridized carbons (Fsp3) is 0.500. The van der Waals surface area contributed by atoms with Gasteiger partial charge < -0.3 is 15.0 Å². The van der Waals surface area contributed by atoms with Gasteiger partial charge in [-0.2, -0.15) is 0 Å². The average molecular weight is 302 g/mol. The maximum atomic E-state index is 12.8. The van der Waals surface area contributed by atoms with E-state index in [4.69, 9.17) is 0 Å². The van der Waals surface area contributed by atoms with Crippen molar-refractivity contribution < 1.29 is 9.90 Å².